The first kappa shape index (κ1) is 15.6. The van der Waals surface area contributed by atoms with Crippen LogP contribution in [0.25, 0.3) is 0 Å². The molecule has 3 saturated carbocycles. The summed E-state index contributed by atoms with van der Waals surface area (Å²) in [5.41, 5.74) is 1.09. The highest BCUT2D eigenvalue weighted by atomic mass is 32.1. The number of carbonyl (C=O) groups is 1. The van der Waals surface area contributed by atoms with Gasteiger partial charge in [-0.1, -0.05) is 12.8 Å². The number of nitrogens with one attached hydrogen (secondary N) is 1. The summed E-state index contributed by atoms with van der Waals surface area (Å²) in [4.78, 5) is 18.4. The predicted octanol–water partition coefficient (Wildman–Crippen LogP) is 3.72. The molecule has 1 aromatic heterocycles. The summed E-state index contributed by atoms with van der Waals surface area (Å²) in [5, 5.41) is 6.72. The van der Waals surface area contributed by atoms with Gasteiger partial charge in [-0.3, -0.25) is 9.69 Å². The quantitative estimate of drug-likeness (QED) is 0.863. The highest BCUT2D eigenvalue weighted by molar-refractivity contribution is 7.14. The second-order valence-corrected chi connectivity index (χ2v) is 8.42. The van der Waals surface area contributed by atoms with Crippen molar-refractivity contribution in [1.82, 2.24) is 10.3 Å². The van der Waals surface area contributed by atoms with Crippen LogP contribution in [0.2, 0.25) is 0 Å². The van der Waals surface area contributed by atoms with Crippen LogP contribution in [0, 0.1) is 11.8 Å². The van der Waals surface area contributed by atoms with Crippen LogP contribution in [0.3, 0.4) is 0 Å². The molecule has 4 nitrogen and oxygen atoms in total. The van der Waals surface area contributed by atoms with Crippen molar-refractivity contribution in [3.05, 3.63) is 11.1 Å². The highest BCUT2D eigenvalue weighted by Crippen LogP contribution is 2.44. The Labute approximate surface area is 142 Å². The summed E-state index contributed by atoms with van der Waals surface area (Å²) in [5.74, 6) is 2.13. The Balaban J connectivity index is 1.31. The van der Waals surface area contributed by atoms with Gasteiger partial charge in [0.25, 0.3) is 0 Å². The zero-order chi connectivity index (χ0) is 15.8. The molecule has 2 unspecified atom stereocenters. The predicted molar refractivity (Wildman–Crippen MR) is 93.6 cm³/mol. The topological polar surface area (TPSA) is 45.2 Å². The fraction of sp³-hybridized carbons (Fsp3) is 0.778. The molecular formula is C18H27N3OS. The number of nitrogens with zero attached hydrogens (tertiary/aromatic N) is 2. The molecule has 0 radical (unpaired) electrons. The molecule has 0 bridgehead atoms. The minimum absolute atomic E-state index is 0.126. The summed E-state index contributed by atoms with van der Waals surface area (Å²) >= 11 is 1.61. The number of thiazole rings is 1. The number of amides is 1. The van der Waals surface area contributed by atoms with Gasteiger partial charge in [0.1, 0.15) is 0 Å². The third-order valence-corrected chi connectivity index (χ3v) is 6.46. The van der Waals surface area contributed by atoms with E-state index in [0.29, 0.717) is 12.1 Å². The smallest absolute Gasteiger partial charge is 0.225 e. The van der Waals surface area contributed by atoms with Crippen molar-refractivity contribution in [3.8, 4) is 0 Å². The average Bonchev–Trinajstić information content (AvgIpc) is 3.44. The fourth-order valence-electron chi connectivity index (χ4n) is 4.03. The molecule has 3 aliphatic carbocycles. The number of carbonyl (C=O) groups excluding carboxylic acids is 1. The third kappa shape index (κ3) is 3.77. The number of rotatable bonds is 6. The van der Waals surface area contributed by atoms with E-state index in [1.54, 1.807) is 18.3 Å². The van der Waals surface area contributed by atoms with Crippen LogP contribution in [0.1, 0.15) is 64.0 Å². The van der Waals surface area contributed by atoms with Crippen molar-refractivity contribution in [2.45, 2.75) is 76.9 Å². The van der Waals surface area contributed by atoms with Crippen molar-refractivity contribution in [2.24, 2.45) is 11.8 Å². The van der Waals surface area contributed by atoms with Crippen molar-refractivity contribution in [2.75, 3.05) is 4.90 Å². The number of anilines is 1. The Bertz CT molecular complexity index is 564. The lowest BCUT2D eigenvalue weighted by Crippen LogP contribution is -2.34. The molecule has 23 heavy (non-hydrogen) atoms. The maximum Gasteiger partial charge on any atom is 0.225 e. The van der Waals surface area contributed by atoms with Gasteiger partial charge in [-0.05, 0) is 50.4 Å². The lowest BCUT2D eigenvalue weighted by molar-refractivity contribution is -0.116. The molecule has 1 aromatic rings. The Hall–Kier alpha value is -0.940. The van der Waals surface area contributed by atoms with Crippen LogP contribution in [-0.2, 0) is 11.3 Å². The second kappa shape index (κ2) is 6.52. The van der Waals surface area contributed by atoms with E-state index in [4.69, 9.17) is 4.98 Å². The Morgan fingerprint density at radius 1 is 1.26 bits per heavy atom. The molecule has 0 aromatic carbocycles. The molecule has 5 heteroatoms. The molecule has 126 valence electrons. The Morgan fingerprint density at radius 2 is 2.09 bits per heavy atom. The first-order valence-corrected chi connectivity index (χ1v) is 10.1. The molecule has 1 N–H and O–H groups in total. The standard InChI is InChI=1S/C18H27N3OS/c1-12(22)21(17-7-8-17)18-20-16(11-23-18)10-19-15-4-2-3-14(9-15)13-5-6-13/h11,13-15,17,19H,2-10H2,1H3. The van der Waals surface area contributed by atoms with Gasteiger partial charge in [0.2, 0.25) is 5.91 Å². The summed E-state index contributed by atoms with van der Waals surface area (Å²) in [7, 11) is 0. The summed E-state index contributed by atoms with van der Waals surface area (Å²) < 4.78 is 0. The third-order valence-electron chi connectivity index (χ3n) is 5.57. The van der Waals surface area contributed by atoms with E-state index in [-0.39, 0.29) is 5.91 Å². The molecular weight excluding hydrogens is 306 g/mol. The van der Waals surface area contributed by atoms with Gasteiger partial charge in [-0.2, -0.15) is 0 Å². The van der Waals surface area contributed by atoms with E-state index >= 15 is 0 Å². The maximum absolute atomic E-state index is 11.8. The molecule has 1 amide bonds. The van der Waals surface area contributed by atoms with Crippen LogP contribution >= 0.6 is 11.3 Å². The highest BCUT2D eigenvalue weighted by Gasteiger charge is 2.35. The van der Waals surface area contributed by atoms with Crippen molar-refractivity contribution < 1.29 is 4.79 Å². The maximum atomic E-state index is 11.8. The zero-order valence-corrected chi connectivity index (χ0v) is 14.8. The SMILES string of the molecule is CC(=O)N(c1nc(CNC2CCCC(C3CC3)C2)cs1)C1CC1. The summed E-state index contributed by atoms with van der Waals surface area (Å²) in [6.45, 7) is 2.49. The van der Waals surface area contributed by atoms with Crippen LogP contribution in [0.15, 0.2) is 5.38 Å². The first-order valence-electron chi connectivity index (χ1n) is 9.18. The van der Waals surface area contributed by atoms with Crippen molar-refractivity contribution in [3.63, 3.8) is 0 Å². The van der Waals surface area contributed by atoms with Crippen LogP contribution in [0.5, 0.6) is 0 Å². The molecule has 1 heterocycles. The monoisotopic (exact) mass is 333 g/mol. The van der Waals surface area contributed by atoms with E-state index in [0.717, 1.165) is 42.0 Å². The summed E-state index contributed by atoms with van der Waals surface area (Å²) in [6, 6.07) is 1.06. The Kier molecular flexibility index (Phi) is 4.41. The molecule has 3 fully saturated rings. The number of aromatic nitrogens is 1. The van der Waals surface area contributed by atoms with Gasteiger partial charge in [0, 0.05) is 30.9 Å². The summed E-state index contributed by atoms with van der Waals surface area (Å²) in [6.07, 6.45) is 10.7. The van der Waals surface area contributed by atoms with Crippen LogP contribution in [-0.4, -0.2) is 23.0 Å². The second-order valence-electron chi connectivity index (χ2n) is 7.58. The normalized spacial score (nSPS) is 27.9. The van der Waals surface area contributed by atoms with E-state index in [1.807, 2.05) is 4.90 Å². The average molecular weight is 334 g/mol. The molecule has 0 aliphatic heterocycles. The van der Waals surface area contributed by atoms with Gasteiger partial charge in [-0.25, -0.2) is 4.98 Å². The van der Waals surface area contributed by atoms with Gasteiger partial charge in [0.05, 0.1) is 5.69 Å². The van der Waals surface area contributed by atoms with Gasteiger partial charge >= 0.3 is 0 Å². The van der Waals surface area contributed by atoms with Crippen molar-refractivity contribution in [1.29, 1.82) is 0 Å². The minimum Gasteiger partial charge on any atom is -0.308 e. The molecule has 3 aliphatic rings. The number of hydrogen-bond donors (Lipinski definition) is 1. The van der Waals surface area contributed by atoms with E-state index in [1.165, 1.54) is 38.5 Å². The van der Waals surface area contributed by atoms with E-state index < -0.39 is 0 Å². The molecule has 0 saturated heterocycles. The molecule has 0 spiro atoms. The Morgan fingerprint density at radius 3 is 2.78 bits per heavy atom. The largest absolute Gasteiger partial charge is 0.308 e. The van der Waals surface area contributed by atoms with Gasteiger partial charge < -0.3 is 5.32 Å². The van der Waals surface area contributed by atoms with Crippen molar-refractivity contribution >= 4 is 22.4 Å². The lowest BCUT2D eigenvalue weighted by atomic mass is 9.83. The lowest BCUT2D eigenvalue weighted by Gasteiger charge is -2.29. The van der Waals surface area contributed by atoms with Crippen LogP contribution < -0.4 is 10.2 Å². The molecule has 4 rings (SSSR count). The van der Waals surface area contributed by atoms with E-state index in [9.17, 15) is 4.79 Å². The van der Waals surface area contributed by atoms with Crippen LogP contribution in [0.4, 0.5) is 5.13 Å². The minimum atomic E-state index is 0.126. The first-order chi connectivity index (χ1) is 11.2. The van der Waals surface area contributed by atoms with Gasteiger partial charge in [0.15, 0.2) is 5.13 Å². The van der Waals surface area contributed by atoms with E-state index in [2.05, 4.69) is 10.7 Å². The molecule has 2 atom stereocenters. The number of hydrogen-bond acceptors (Lipinski definition) is 4. The van der Waals surface area contributed by atoms with Gasteiger partial charge in [-0.15, -0.1) is 11.3 Å². The zero-order valence-electron chi connectivity index (χ0n) is 14.0. The fourth-order valence-corrected chi connectivity index (χ4v) is 4.97.